The molecule has 4 aromatic rings. The zero-order valence-corrected chi connectivity index (χ0v) is 28.2. The van der Waals surface area contributed by atoms with Crippen LogP contribution in [0.25, 0.3) is 0 Å². The van der Waals surface area contributed by atoms with Crippen LogP contribution in [-0.4, -0.2) is 50.5 Å². The van der Waals surface area contributed by atoms with Crippen molar-refractivity contribution in [3.05, 3.63) is 126 Å². The molecule has 10 heteroatoms. The number of rotatable bonds is 14. The lowest BCUT2D eigenvalue weighted by Crippen LogP contribution is -2.53. The van der Waals surface area contributed by atoms with Crippen molar-refractivity contribution in [3.63, 3.8) is 0 Å². The minimum atomic E-state index is -4.20. The van der Waals surface area contributed by atoms with Crippen LogP contribution in [0.4, 0.5) is 10.1 Å². The summed E-state index contributed by atoms with van der Waals surface area (Å²) in [4.78, 5) is 30.6. The van der Waals surface area contributed by atoms with Crippen LogP contribution in [0.2, 0.25) is 0 Å². The Morgan fingerprint density at radius 1 is 0.848 bits per heavy atom. The second-order valence-electron chi connectivity index (χ2n) is 11.5. The standard InChI is InChI=1S/C36H40FN3O4S2/c1-26(2)23-38-36(42)34(22-28-8-6-5-7-9-28)39(24-29-12-14-30(37)15-13-29)35(41)25-40(31-16-10-27(3)11-17-31)46(43,44)33-20-18-32(45-4)19-21-33/h5-21,26,34H,22-25H2,1-4H3,(H,38,42)/t34-/m0/s1. The van der Waals surface area contributed by atoms with Gasteiger partial charge < -0.3 is 10.2 Å². The maximum absolute atomic E-state index is 14.5. The smallest absolute Gasteiger partial charge is 0.264 e. The molecule has 46 heavy (non-hydrogen) atoms. The molecule has 0 aliphatic heterocycles. The average molecular weight is 662 g/mol. The van der Waals surface area contributed by atoms with Crippen molar-refractivity contribution in [2.24, 2.45) is 5.92 Å². The van der Waals surface area contributed by atoms with Crippen molar-refractivity contribution >= 4 is 39.3 Å². The zero-order valence-electron chi connectivity index (χ0n) is 26.5. The van der Waals surface area contributed by atoms with Gasteiger partial charge in [0.1, 0.15) is 18.4 Å². The highest BCUT2D eigenvalue weighted by Crippen LogP contribution is 2.27. The minimum Gasteiger partial charge on any atom is -0.354 e. The molecule has 0 heterocycles. The lowest BCUT2D eigenvalue weighted by Gasteiger charge is -2.34. The molecule has 0 bridgehead atoms. The predicted octanol–water partition coefficient (Wildman–Crippen LogP) is 6.46. The van der Waals surface area contributed by atoms with Crippen molar-refractivity contribution < 1.29 is 22.4 Å². The SMILES string of the molecule is CSc1ccc(S(=O)(=O)N(CC(=O)N(Cc2ccc(F)cc2)[C@@H](Cc2ccccc2)C(=O)NCC(C)C)c2ccc(C)cc2)cc1. The first-order chi connectivity index (χ1) is 22.0. The molecule has 0 aliphatic rings. The molecule has 7 nitrogen and oxygen atoms in total. The topological polar surface area (TPSA) is 86.8 Å². The monoisotopic (exact) mass is 661 g/mol. The number of nitrogens with one attached hydrogen (secondary N) is 1. The number of hydrogen-bond donors (Lipinski definition) is 1. The van der Waals surface area contributed by atoms with E-state index in [-0.39, 0.29) is 29.7 Å². The Bertz CT molecular complexity index is 1700. The largest absolute Gasteiger partial charge is 0.354 e. The molecule has 0 saturated heterocycles. The lowest BCUT2D eigenvalue weighted by molar-refractivity contribution is -0.140. The summed E-state index contributed by atoms with van der Waals surface area (Å²) in [5.74, 6) is -1.19. The molecule has 1 N–H and O–H groups in total. The predicted molar refractivity (Wildman–Crippen MR) is 183 cm³/mol. The van der Waals surface area contributed by atoms with Gasteiger partial charge in [-0.2, -0.15) is 0 Å². The Morgan fingerprint density at radius 2 is 1.48 bits per heavy atom. The Kier molecular flexibility index (Phi) is 12.0. The number of aryl methyl sites for hydroxylation is 1. The molecule has 4 rings (SSSR count). The fourth-order valence-corrected chi connectivity index (χ4v) is 6.70. The number of carbonyl (C=O) groups excluding carboxylic acids is 2. The highest BCUT2D eigenvalue weighted by atomic mass is 32.2. The van der Waals surface area contributed by atoms with Crippen molar-refractivity contribution in [3.8, 4) is 0 Å². The second-order valence-corrected chi connectivity index (χ2v) is 14.3. The van der Waals surface area contributed by atoms with E-state index in [0.717, 1.165) is 20.3 Å². The molecule has 0 saturated carbocycles. The van der Waals surface area contributed by atoms with Gasteiger partial charge in [0.2, 0.25) is 11.8 Å². The number of sulfonamides is 1. The third kappa shape index (κ3) is 9.20. The van der Waals surface area contributed by atoms with Crippen LogP contribution in [-0.2, 0) is 32.6 Å². The van der Waals surface area contributed by atoms with E-state index in [9.17, 15) is 22.4 Å². The lowest BCUT2D eigenvalue weighted by atomic mass is 10.0. The van der Waals surface area contributed by atoms with Crippen LogP contribution in [0.15, 0.2) is 113 Å². The minimum absolute atomic E-state index is 0.0318. The number of anilines is 1. The molecule has 0 fully saturated rings. The quantitative estimate of drug-likeness (QED) is 0.157. The Labute approximate surface area is 275 Å². The van der Waals surface area contributed by atoms with E-state index in [2.05, 4.69) is 5.32 Å². The van der Waals surface area contributed by atoms with Crippen LogP contribution in [0, 0.1) is 18.7 Å². The van der Waals surface area contributed by atoms with Gasteiger partial charge in [0.05, 0.1) is 10.6 Å². The summed E-state index contributed by atoms with van der Waals surface area (Å²) in [5, 5.41) is 2.96. The third-order valence-electron chi connectivity index (χ3n) is 7.47. The van der Waals surface area contributed by atoms with Crippen LogP contribution in [0.1, 0.15) is 30.5 Å². The van der Waals surface area contributed by atoms with Crippen LogP contribution in [0.3, 0.4) is 0 Å². The van der Waals surface area contributed by atoms with E-state index in [1.54, 1.807) is 48.5 Å². The summed E-state index contributed by atoms with van der Waals surface area (Å²) in [6.07, 6.45) is 2.10. The van der Waals surface area contributed by atoms with E-state index >= 15 is 0 Å². The van der Waals surface area contributed by atoms with Gasteiger partial charge in [-0.15, -0.1) is 11.8 Å². The van der Waals surface area contributed by atoms with E-state index in [1.165, 1.54) is 40.9 Å². The Hall–Kier alpha value is -4.15. The summed E-state index contributed by atoms with van der Waals surface area (Å²) in [7, 11) is -4.20. The van der Waals surface area contributed by atoms with Gasteiger partial charge in [0, 0.05) is 24.4 Å². The number of amides is 2. The van der Waals surface area contributed by atoms with E-state index < -0.39 is 34.3 Å². The van der Waals surface area contributed by atoms with Crippen LogP contribution < -0.4 is 9.62 Å². The van der Waals surface area contributed by atoms with Crippen LogP contribution >= 0.6 is 11.8 Å². The fraction of sp³-hybridized carbons (Fsp3) is 0.278. The van der Waals surface area contributed by atoms with Crippen molar-refractivity contribution in [2.45, 2.75) is 49.6 Å². The van der Waals surface area contributed by atoms with Crippen molar-refractivity contribution in [1.82, 2.24) is 10.2 Å². The van der Waals surface area contributed by atoms with Gasteiger partial charge in [-0.25, -0.2) is 12.8 Å². The molecule has 242 valence electrons. The first-order valence-corrected chi connectivity index (χ1v) is 17.7. The first kappa shape index (κ1) is 34.7. The summed E-state index contributed by atoms with van der Waals surface area (Å²) >= 11 is 1.49. The fourth-order valence-electron chi connectivity index (χ4n) is 4.88. The number of hydrogen-bond acceptors (Lipinski definition) is 5. The van der Waals surface area contributed by atoms with Crippen molar-refractivity contribution in [2.75, 3.05) is 23.7 Å². The van der Waals surface area contributed by atoms with E-state index in [1.807, 2.05) is 57.4 Å². The molecule has 1 atom stereocenters. The summed E-state index contributed by atoms with van der Waals surface area (Å²) in [5.41, 5.74) is 2.68. The highest BCUT2D eigenvalue weighted by molar-refractivity contribution is 7.98. The molecule has 0 spiro atoms. The van der Waals surface area contributed by atoms with Gasteiger partial charge in [-0.3, -0.25) is 13.9 Å². The van der Waals surface area contributed by atoms with Gasteiger partial charge in [-0.1, -0.05) is 74.0 Å². The molecule has 0 radical (unpaired) electrons. The number of nitrogens with zero attached hydrogens (tertiary/aromatic N) is 2. The molecule has 0 aliphatic carbocycles. The Balaban J connectivity index is 1.79. The van der Waals surface area contributed by atoms with Gasteiger partial charge in [0.25, 0.3) is 10.0 Å². The maximum atomic E-state index is 14.5. The number of benzene rings is 4. The van der Waals surface area contributed by atoms with Gasteiger partial charge >= 0.3 is 0 Å². The zero-order chi connectivity index (χ0) is 33.3. The molecule has 0 aromatic heterocycles. The molecular formula is C36H40FN3O4S2. The van der Waals surface area contributed by atoms with Crippen molar-refractivity contribution in [1.29, 1.82) is 0 Å². The maximum Gasteiger partial charge on any atom is 0.264 e. The summed E-state index contributed by atoms with van der Waals surface area (Å²) < 4.78 is 43.3. The summed E-state index contributed by atoms with van der Waals surface area (Å²) in [6, 6.07) is 27.5. The highest BCUT2D eigenvalue weighted by Gasteiger charge is 2.34. The third-order valence-corrected chi connectivity index (χ3v) is 10.0. The first-order valence-electron chi connectivity index (χ1n) is 15.1. The molecular weight excluding hydrogens is 622 g/mol. The number of halogens is 1. The molecule has 2 amide bonds. The second kappa shape index (κ2) is 15.9. The van der Waals surface area contributed by atoms with Gasteiger partial charge in [0.15, 0.2) is 0 Å². The average Bonchev–Trinajstić information content (AvgIpc) is 3.05. The Morgan fingerprint density at radius 3 is 2.07 bits per heavy atom. The normalized spacial score (nSPS) is 12.0. The number of thioether (sulfide) groups is 1. The van der Waals surface area contributed by atoms with E-state index in [0.29, 0.717) is 17.8 Å². The van der Waals surface area contributed by atoms with Crippen LogP contribution in [0.5, 0.6) is 0 Å². The molecule has 4 aromatic carbocycles. The summed E-state index contributed by atoms with van der Waals surface area (Å²) in [6.45, 7) is 5.66. The molecule has 0 unspecified atom stereocenters. The van der Waals surface area contributed by atoms with Gasteiger partial charge in [-0.05, 0) is 78.8 Å². The number of carbonyl (C=O) groups is 2. The van der Waals surface area contributed by atoms with E-state index in [4.69, 9.17) is 0 Å².